The SMILES string of the molecule is CCOc1nc(N)nc2c1ncn2[C@@H]1O[C@]2(F)COP(=O)(C(C)C)O[C@H]2[C@@]1(C)F. The maximum atomic E-state index is 15.9. The molecule has 1 unspecified atom stereocenters. The Balaban J connectivity index is 1.78. The average molecular weight is 433 g/mol. The van der Waals surface area contributed by atoms with Gasteiger partial charge in [-0.2, -0.15) is 9.97 Å². The van der Waals surface area contributed by atoms with Crippen LogP contribution >= 0.6 is 7.60 Å². The molecule has 0 spiro atoms. The third kappa shape index (κ3) is 3.00. The number of alkyl halides is 2. The van der Waals surface area contributed by atoms with Crippen LogP contribution in [-0.4, -0.2) is 56.0 Å². The van der Waals surface area contributed by atoms with E-state index in [-0.39, 0.29) is 23.0 Å². The second-order valence-corrected chi connectivity index (χ2v) is 10.0. The third-order valence-electron chi connectivity index (χ3n) is 4.96. The van der Waals surface area contributed by atoms with Crippen LogP contribution in [0.4, 0.5) is 14.7 Å². The lowest BCUT2D eigenvalue weighted by molar-refractivity contribution is -0.214. The van der Waals surface area contributed by atoms with Gasteiger partial charge in [-0.3, -0.25) is 13.7 Å². The van der Waals surface area contributed by atoms with Gasteiger partial charge in [0.25, 0.3) is 5.85 Å². The zero-order valence-electron chi connectivity index (χ0n) is 16.3. The van der Waals surface area contributed by atoms with Crippen LogP contribution in [0.3, 0.4) is 0 Å². The highest BCUT2D eigenvalue weighted by molar-refractivity contribution is 7.54. The highest BCUT2D eigenvalue weighted by Gasteiger charge is 2.70. The van der Waals surface area contributed by atoms with E-state index in [1.165, 1.54) is 10.9 Å². The Bertz CT molecular complexity index is 1000. The van der Waals surface area contributed by atoms with E-state index in [1.807, 2.05) is 0 Å². The zero-order chi connectivity index (χ0) is 21.2. The van der Waals surface area contributed by atoms with Crippen molar-refractivity contribution in [1.29, 1.82) is 0 Å². The lowest BCUT2D eigenvalue weighted by Crippen LogP contribution is -2.51. The number of nitrogens with two attached hydrogens (primary N) is 1. The molecule has 0 amide bonds. The predicted octanol–water partition coefficient (Wildman–Crippen LogP) is 2.75. The van der Waals surface area contributed by atoms with E-state index in [1.54, 1.807) is 20.8 Å². The number of anilines is 1. The highest BCUT2D eigenvalue weighted by Crippen LogP contribution is 2.64. The molecule has 29 heavy (non-hydrogen) atoms. The average Bonchev–Trinajstić information content (AvgIpc) is 3.13. The number of nitrogens with zero attached hydrogens (tertiary/aromatic N) is 4. The topological polar surface area (TPSA) is 124 Å². The molecule has 10 nitrogen and oxygen atoms in total. The van der Waals surface area contributed by atoms with Gasteiger partial charge in [0.05, 0.1) is 18.6 Å². The minimum Gasteiger partial charge on any atom is -0.476 e. The van der Waals surface area contributed by atoms with Gasteiger partial charge >= 0.3 is 7.60 Å². The Morgan fingerprint density at radius 2 is 2.17 bits per heavy atom. The van der Waals surface area contributed by atoms with Crippen LogP contribution in [0.1, 0.15) is 33.9 Å². The molecule has 0 radical (unpaired) electrons. The van der Waals surface area contributed by atoms with Gasteiger partial charge in [0.2, 0.25) is 11.8 Å². The van der Waals surface area contributed by atoms with Gasteiger partial charge in [-0.1, -0.05) is 13.8 Å². The van der Waals surface area contributed by atoms with Crippen molar-refractivity contribution in [3.05, 3.63) is 6.33 Å². The normalized spacial score (nSPS) is 37.2. The van der Waals surface area contributed by atoms with Crippen molar-refractivity contribution in [3.63, 3.8) is 0 Å². The minimum absolute atomic E-state index is 0.102. The first-order chi connectivity index (χ1) is 13.5. The first-order valence-electron chi connectivity index (χ1n) is 9.13. The number of ether oxygens (including phenoxy) is 2. The van der Waals surface area contributed by atoms with Crippen LogP contribution in [0, 0.1) is 0 Å². The summed E-state index contributed by atoms with van der Waals surface area (Å²) < 4.78 is 66.6. The molecule has 2 aliphatic rings. The van der Waals surface area contributed by atoms with Crippen molar-refractivity contribution in [2.45, 2.75) is 57.2 Å². The fourth-order valence-corrected chi connectivity index (χ4v) is 5.09. The molecule has 0 saturated carbocycles. The van der Waals surface area contributed by atoms with Gasteiger partial charge in [0, 0.05) is 0 Å². The minimum atomic E-state index is -3.70. The van der Waals surface area contributed by atoms with E-state index >= 15 is 8.78 Å². The van der Waals surface area contributed by atoms with Crippen molar-refractivity contribution < 1.29 is 31.9 Å². The zero-order valence-corrected chi connectivity index (χ0v) is 17.2. The fraction of sp³-hybridized carbons (Fsp3) is 0.688. The standard InChI is InChI=1S/C16H22F2N5O5P/c1-5-25-11-9-10(21-14(19)22-11)23(7-20-9)13-15(4,17)12-16(18,27-13)6-26-29(24,28-12)8(2)3/h7-8,12-13H,5-6H2,1-4H3,(H2,19,21,22)/t12-,13+,15+,16+,29?/m0/s1. The second kappa shape index (κ2) is 6.56. The summed E-state index contributed by atoms with van der Waals surface area (Å²) in [6.45, 7) is 5.61. The summed E-state index contributed by atoms with van der Waals surface area (Å²) in [6, 6.07) is 0. The Labute approximate surface area is 165 Å². The predicted molar refractivity (Wildman–Crippen MR) is 97.9 cm³/mol. The quantitative estimate of drug-likeness (QED) is 0.725. The van der Waals surface area contributed by atoms with Crippen LogP contribution in [0.2, 0.25) is 0 Å². The van der Waals surface area contributed by atoms with E-state index in [9.17, 15) is 4.57 Å². The number of hydrogen-bond acceptors (Lipinski definition) is 9. The summed E-state index contributed by atoms with van der Waals surface area (Å²) in [6.07, 6.45) is -2.08. The number of imidazole rings is 1. The van der Waals surface area contributed by atoms with Crippen molar-refractivity contribution in [2.24, 2.45) is 0 Å². The lowest BCUT2D eigenvalue weighted by atomic mass is 9.97. The van der Waals surface area contributed by atoms with Gasteiger partial charge in [-0.05, 0) is 13.8 Å². The molecular formula is C16H22F2N5O5P. The Morgan fingerprint density at radius 3 is 2.83 bits per heavy atom. The molecule has 2 fully saturated rings. The molecule has 4 rings (SSSR count). The number of halogens is 2. The van der Waals surface area contributed by atoms with Gasteiger partial charge in [0.1, 0.15) is 6.61 Å². The van der Waals surface area contributed by atoms with Crippen LogP contribution in [0.25, 0.3) is 11.2 Å². The summed E-state index contributed by atoms with van der Waals surface area (Å²) in [5.41, 5.74) is 3.05. The Hall–Kier alpha value is -1.88. The van der Waals surface area contributed by atoms with E-state index in [2.05, 4.69) is 15.0 Å². The summed E-state index contributed by atoms with van der Waals surface area (Å²) in [5.74, 6) is -2.66. The lowest BCUT2D eigenvalue weighted by Gasteiger charge is -2.38. The molecule has 160 valence electrons. The molecule has 0 aromatic carbocycles. The van der Waals surface area contributed by atoms with Crippen molar-refractivity contribution in [2.75, 3.05) is 18.9 Å². The third-order valence-corrected chi connectivity index (χ3v) is 7.22. The van der Waals surface area contributed by atoms with E-state index in [0.717, 1.165) is 6.92 Å². The molecule has 2 aromatic heterocycles. The van der Waals surface area contributed by atoms with Crippen LogP contribution < -0.4 is 10.5 Å². The molecular weight excluding hydrogens is 411 g/mol. The summed E-state index contributed by atoms with van der Waals surface area (Å²) in [7, 11) is -3.70. The monoisotopic (exact) mass is 433 g/mol. The molecule has 2 N–H and O–H groups in total. The number of hydrogen-bond donors (Lipinski definition) is 1. The van der Waals surface area contributed by atoms with Gasteiger partial charge < -0.3 is 19.7 Å². The van der Waals surface area contributed by atoms with Crippen LogP contribution in [0.5, 0.6) is 5.88 Å². The van der Waals surface area contributed by atoms with E-state index in [0.29, 0.717) is 6.61 Å². The molecule has 13 heteroatoms. The highest BCUT2D eigenvalue weighted by atomic mass is 31.2. The maximum Gasteiger partial charge on any atom is 0.333 e. The summed E-state index contributed by atoms with van der Waals surface area (Å²) in [4.78, 5) is 12.2. The molecule has 0 aliphatic carbocycles. The maximum absolute atomic E-state index is 15.9. The Morgan fingerprint density at radius 1 is 1.45 bits per heavy atom. The van der Waals surface area contributed by atoms with E-state index < -0.39 is 43.7 Å². The van der Waals surface area contributed by atoms with Gasteiger partial charge in [-0.25, -0.2) is 13.8 Å². The largest absolute Gasteiger partial charge is 0.476 e. The first kappa shape index (κ1) is 20.4. The van der Waals surface area contributed by atoms with Crippen molar-refractivity contribution in [1.82, 2.24) is 19.5 Å². The second-order valence-electron chi connectivity index (χ2n) is 7.44. The van der Waals surface area contributed by atoms with Crippen molar-refractivity contribution in [3.8, 4) is 5.88 Å². The molecule has 0 bridgehead atoms. The van der Waals surface area contributed by atoms with Crippen molar-refractivity contribution >= 4 is 24.7 Å². The summed E-state index contributed by atoms with van der Waals surface area (Å²) in [5, 5.41) is 0. The number of nitrogen functional groups attached to an aromatic ring is 1. The van der Waals surface area contributed by atoms with E-state index in [4.69, 9.17) is 24.3 Å². The number of aromatic nitrogens is 4. The molecule has 4 heterocycles. The first-order valence-corrected chi connectivity index (χ1v) is 10.7. The molecule has 2 aliphatic heterocycles. The number of rotatable bonds is 4. The van der Waals surface area contributed by atoms with Crippen LogP contribution in [0.15, 0.2) is 6.33 Å². The number of fused-ring (bicyclic) bond motifs is 2. The smallest absolute Gasteiger partial charge is 0.333 e. The molecule has 5 atom stereocenters. The fourth-order valence-electron chi connectivity index (χ4n) is 3.48. The molecule has 2 aromatic rings. The van der Waals surface area contributed by atoms with Crippen LogP contribution in [-0.2, 0) is 18.3 Å². The van der Waals surface area contributed by atoms with Gasteiger partial charge in [0.15, 0.2) is 29.2 Å². The van der Waals surface area contributed by atoms with Gasteiger partial charge in [-0.15, -0.1) is 0 Å². The summed E-state index contributed by atoms with van der Waals surface area (Å²) >= 11 is 0. The molecule has 2 saturated heterocycles. The Kier molecular flexibility index (Phi) is 4.61.